The molecule has 0 spiro atoms. The molecule has 0 N–H and O–H groups in total. The highest BCUT2D eigenvalue weighted by atomic mass is 16.6. The van der Waals surface area contributed by atoms with Crippen molar-refractivity contribution >= 4 is 11.6 Å². The van der Waals surface area contributed by atoms with Gasteiger partial charge in [0.05, 0.1) is 11.3 Å². The van der Waals surface area contributed by atoms with Crippen LogP contribution in [0.25, 0.3) is 16.9 Å². The van der Waals surface area contributed by atoms with Gasteiger partial charge in [-0.2, -0.15) is 5.10 Å². The molecule has 0 saturated carbocycles. The third kappa shape index (κ3) is 2.81. The molecular formula is C16H16N4O2. The van der Waals surface area contributed by atoms with Crippen molar-refractivity contribution in [2.75, 3.05) is 0 Å². The Kier molecular flexibility index (Phi) is 3.36. The summed E-state index contributed by atoms with van der Waals surface area (Å²) in [5.74, 6) is -0.371. The van der Waals surface area contributed by atoms with Gasteiger partial charge in [0.15, 0.2) is 5.65 Å². The molecule has 0 bridgehead atoms. The third-order valence-corrected chi connectivity index (χ3v) is 2.97. The van der Waals surface area contributed by atoms with Crippen LogP contribution in [0.1, 0.15) is 31.1 Å². The standard InChI is InChI=1S/C16H16N4O2/c1-16(2,3)22-15(21)11-6-7-17-13(9-11)12-5-4-8-20-14(12)18-10-19-20/h4-10H,1-3H3. The summed E-state index contributed by atoms with van der Waals surface area (Å²) in [6, 6.07) is 7.10. The van der Waals surface area contributed by atoms with Gasteiger partial charge in [0.2, 0.25) is 0 Å². The van der Waals surface area contributed by atoms with Gasteiger partial charge >= 0.3 is 5.97 Å². The number of pyridine rings is 2. The highest BCUT2D eigenvalue weighted by Crippen LogP contribution is 2.22. The topological polar surface area (TPSA) is 69.4 Å². The average Bonchev–Trinajstić information content (AvgIpc) is 2.94. The van der Waals surface area contributed by atoms with E-state index in [1.165, 1.54) is 6.33 Å². The van der Waals surface area contributed by atoms with Crippen LogP contribution in [0.15, 0.2) is 43.0 Å². The summed E-state index contributed by atoms with van der Waals surface area (Å²) in [6.07, 6.45) is 4.88. The van der Waals surface area contributed by atoms with Crippen molar-refractivity contribution in [3.63, 3.8) is 0 Å². The molecule has 3 heterocycles. The van der Waals surface area contributed by atoms with E-state index in [-0.39, 0.29) is 5.97 Å². The quantitative estimate of drug-likeness (QED) is 0.680. The van der Waals surface area contributed by atoms with Gasteiger partial charge in [-0.3, -0.25) is 4.98 Å². The number of carbonyl (C=O) groups is 1. The summed E-state index contributed by atoms with van der Waals surface area (Å²) in [6.45, 7) is 5.51. The zero-order valence-corrected chi connectivity index (χ0v) is 12.6. The van der Waals surface area contributed by atoms with Gasteiger partial charge in [0.1, 0.15) is 11.9 Å². The van der Waals surface area contributed by atoms with Crippen LogP contribution in [-0.4, -0.2) is 31.2 Å². The summed E-state index contributed by atoms with van der Waals surface area (Å²) >= 11 is 0. The molecule has 3 aromatic rings. The Balaban J connectivity index is 2.01. The third-order valence-electron chi connectivity index (χ3n) is 2.97. The minimum Gasteiger partial charge on any atom is -0.456 e. The average molecular weight is 296 g/mol. The Morgan fingerprint density at radius 3 is 2.82 bits per heavy atom. The molecule has 3 aromatic heterocycles. The molecule has 0 amide bonds. The molecule has 0 aliphatic rings. The maximum absolute atomic E-state index is 12.2. The van der Waals surface area contributed by atoms with Crippen LogP contribution in [-0.2, 0) is 4.74 Å². The molecule has 112 valence electrons. The predicted molar refractivity (Wildman–Crippen MR) is 81.4 cm³/mol. The molecule has 6 heteroatoms. The fourth-order valence-electron chi connectivity index (χ4n) is 2.09. The van der Waals surface area contributed by atoms with Crippen molar-refractivity contribution in [1.29, 1.82) is 0 Å². The Morgan fingerprint density at radius 1 is 1.23 bits per heavy atom. The van der Waals surface area contributed by atoms with Crippen molar-refractivity contribution in [1.82, 2.24) is 19.6 Å². The Hall–Kier alpha value is -2.76. The number of ether oxygens (including phenoxy) is 1. The number of carbonyl (C=O) groups excluding carboxylic acids is 1. The second-order valence-electron chi connectivity index (χ2n) is 5.88. The fourth-order valence-corrected chi connectivity index (χ4v) is 2.09. The molecular weight excluding hydrogens is 280 g/mol. The molecule has 0 fully saturated rings. The summed E-state index contributed by atoms with van der Waals surface area (Å²) in [4.78, 5) is 20.7. The molecule has 0 aliphatic heterocycles. The van der Waals surface area contributed by atoms with Gasteiger partial charge in [0, 0.05) is 18.0 Å². The van der Waals surface area contributed by atoms with Gasteiger partial charge in [0.25, 0.3) is 0 Å². The van der Waals surface area contributed by atoms with E-state index in [9.17, 15) is 4.79 Å². The SMILES string of the molecule is CC(C)(C)OC(=O)c1ccnc(-c2cccn3ncnc23)c1. The van der Waals surface area contributed by atoms with E-state index in [0.717, 1.165) is 5.56 Å². The van der Waals surface area contributed by atoms with Crippen LogP contribution < -0.4 is 0 Å². The minimum atomic E-state index is -0.534. The lowest BCUT2D eigenvalue weighted by Crippen LogP contribution is -2.23. The maximum atomic E-state index is 12.2. The Labute approximate surface area is 127 Å². The fraction of sp³-hybridized carbons (Fsp3) is 0.250. The molecule has 0 saturated heterocycles. The van der Waals surface area contributed by atoms with E-state index in [1.807, 2.05) is 39.1 Å². The summed E-state index contributed by atoms with van der Waals surface area (Å²) in [5, 5.41) is 4.10. The highest BCUT2D eigenvalue weighted by Gasteiger charge is 2.19. The van der Waals surface area contributed by atoms with Gasteiger partial charge in [-0.15, -0.1) is 0 Å². The minimum absolute atomic E-state index is 0.371. The van der Waals surface area contributed by atoms with Crippen molar-refractivity contribution in [3.8, 4) is 11.3 Å². The number of rotatable bonds is 2. The van der Waals surface area contributed by atoms with Crippen LogP contribution in [0.2, 0.25) is 0 Å². The Morgan fingerprint density at radius 2 is 2.05 bits per heavy atom. The second kappa shape index (κ2) is 5.22. The van der Waals surface area contributed by atoms with Gasteiger partial charge in [-0.25, -0.2) is 14.3 Å². The van der Waals surface area contributed by atoms with E-state index in [2.05, 4.69) is 15.1 Å². The highest BCUT2D eigenvalue weighted by molar-refractivity contribution is 5.91. The lowest BCUT2D eigenvalue weighted by molar-refractivity contribution is 0.00694. The lowest BCUT2D eigenvalue weighted by Gasteiger charge is -2.19. The number of nitrogens with zero attached hydrogens (tertiary/aromatic N) is 4. The first-order valence-corrected chi connectivity index (χ1v) is 6.92. The normalized spacial score (nSPS) is 11.6. The van der Waals surface area contributed by atoms with Crippen LogP contribution in [0.5, 0.6) is 0 Å². The molecule has 0 aromatic carbocycles. The smallest absolute Gasteiger partial charge is 0.338 e. The largest absolute Gasteiger partial charge is 0.456 e. The second-order valence-corrected chi connectivity index (χ2v) is 5.88. The summed E-state index contributed by atoms with van der Waals surface area (Å²) in [7, 11) is 0. The molecule has 0 radical (unpaired) electrons. The molecule has 0 aliphatic carbocycles. The van der Waals surface area contributed by atoms with E-state index >= 15 is 0 Å². The van der Waals surface area contributed by atoms with Crippen LogP contribution in [0, 0.1) is 0 Å². The Bertz CT molecular complexity index is 833. The van der Waals surface area contributed by atoms with Crippen LogP contribution >= 0.6 is 0 Å². The molecule has 3 rings (SSSR count). The zero-order valence-electron chi connectivity index (χ0n) is 12.6. The van der Waals surface area contributed by atoms with E-state index in [1.54, 1.807) is 22.8 Å². The molecule has 0 atom stereocenters. The van der Waals surface area contributed by atoms with Crippen LogP contribution in [0.4, 0.5) is 0 Å². The maximum Gasteiger partial charge on any atom is 0.338 e. The van der Waals surface area contributed by atoms with Crippen molar-refractivity contribution in [2.24, 2.45) is 0 Å². The molecule has 22 heavy (non-hydrogen) atoms. The number of esters is 1. The van der Waals surface area contributed by atoms with Crippen molar-refractivity contribution in [2.45, 2.75) is 26.4 Å². The summed E-state index contributed by atoms with van der Waals surface area (Å²) < 4.78 is 7.05. The number of fused-ring (bicyclic) bond motifs is 1. The summed E-state index contributed by atoms with van der Waals surface area (Å²) in [5.41, 5.74) is 2.08. The first kappa shape index (κ1) is 14.2. The lowest BCUT2D eigenvalue weighted by atomic mass is 10.1. The van der Waals surface area contributed by atoms with E-state index < -0.39 is 5.60 Å². The van der Waals surface area contributed by atoms with Crippen molar-refractivity contribution < 1.29 is 9.53 Å². The first-order valence-electron chi connectivity index (χ1n) is 6.92. The van der Waals surface area contributed by atoms with Gasteiger partial charge < -0.3 is 4.74 Å². The van der Waals surface area contributed by atoms with Crippen LogP contribution in [0.3, 0.4) is 0 Å². The predicted octanol–water partition coefficient (Wildman–Crippen LogP) is 2.75. The number of hydrogen-bond acceptors (Lipinski definition) is 5. The van der Waals surface area contributed by atoms with E-state index in [0.29, 0.717) is 16.9 Å². The zero-order chi connectivity index (χ0) is 15.7. The van der Waals surface area contributed by atoms with Crippen molar-refractivity contribution in [3.05, 3.63) is 48.5 Å². The number of hydrogen-bond donors (Lipinski definition) is 0. The van der Waals surface area contributed by atoms with Gasteiger partial charge in [-0.05, 0) is 45.0 Å². The first-order chi connectivity index (χ1) is 10.4. The van der Waals surface area contributed by atoms with E-state index in [4.69, 9.17) is 4.74 Å². The number of aromatic nitrogens is 4. The molecule has 6 nitrogen and oxygen atoms in total. The van der Waals surface area contributed by atoms with Gasteiger partial charge in [-0.1, -0.05) is 0 Å². The molecule has 0 unspecified atom stereocenters. The monoisotopic (exact) mass is 296 g/mol.